The minimum absolute atomic E-state index is 0.0805. The van der Waals surface area contributed by atoms with Crippen molar-refractivity contribution >= 4 is 13.2 Å². The van der Waals surface area contributed by atoms with Crippen LogP contribution in [0.5, 0.6) is 0 Å². The van der Waals surface area contributed by atoms with Crippen LogP contribution >= 0.6 is 0 Å². The summed E-state index contributed by atoms with van der Waals surface area (Å²) in [6, 6.07) is 11.6. The van der Waals surface area contributed by atoms with Crippen LogP contribution in [0.25, 0.3) is 17.2 Å². The van der Waals surface area contributed by atoms with E-state index in [0.717, 1.165) is 6.07 Å². The van der Waals surface area contributed by atoms with E-state index in [-0.39, 0.29) is 5.56 Å². The van der Waals surface area contributed by atoms with Gasteiger partial charge in [-0.15, -0.1) is 0 Å². The lowest BCUT2D eigenvalue weighted by Gasteiger charge is -2.32. The minimum atomic E-state index is -4.45. The molecule has 0 atom stereocenters. The molecule has 2 aromatic carbocycles. The molecular weight excluding hydrogens is 371 g/mol. The number of rotatable bonds is 3. The molecule has 1 saturated heterocycles. The van der Waals surface area contributed by atoms with Crippen molar-refractivity contribution in [2.75, 3.05) is 0 Å². The first kappa shape index (κ1) is 20.6. The van der Waals surface area contributed by atoms with Crippen molar-refractivity contribution in [2.24, 2.45) is 0 Å². The van der Waals surface area contributed by atoms with Crippen molar-refractivity contribution in [1.29, 1.82) is 0 Å². The van der Waals surface area contributed by atoms with Gasteiger partial charge in [0.25, 0.3) is 0 Å². The van der Waals surface area contributed by atoms with Crippen LogP contribution in [0.15, 0.2) is 54.3 Å². The molecule has 0 N–H and O–H groups in total. The van der Waals surface area contributed by atoms with Gasteiger partial charge in [0, 0.05) is 0 Å². The summed E-state index contributed by atoms with van der Waals surface area (Å²) >= 11 is 0. The first-order valence-electron chi connectivity index (χ1n) is 8.90. The van der Waals surface area contributed by atoms with E-state index in [1.807, 2.05) is 27.7 Å². The fourth-order valence-corrected chi connectivity index (χ4v) is 2.92. The van der Waals surface area contributed by atoms with Crippen LogP contribution in [0.1, 0.15) is 38.8 Å². The van der Waals surface area contributed by atoms with E-state index in [2.05, 4.69) is 0 Å². The Morgan fingerprint density at radius 1 is 0.893 bits per heavy atom. The maximum atomic E-state index is 14.6. The van der Waals surface area contributed by atoms with Gasteiger partial charge in [0.2, 0.25) is 0 Å². The van der Waals surface area contributed by atoms with Gasteiger partial charge in [-0.3, -0.25) is 0 Å². The van der Waals surface area contributed by atoms with Crippen molar-refractivity contribution < 1.29 is 26.9 Å². The minimum Gasteiger partial charge on any atom is -0.398 e. The number of hydrogen-bond donors (Lipinski definition) is 0. The first-order valence-corrected chi connectivity index (χ1v) is 8.90. The van der Waals surface area contributed by atoms with Crippen LogP contribution in [0, 0.1) is 0 Å². The van der Waals surface area contributed by atoms with E-state index >= 15 is 0 Å². The maximum Gasteiger partial charge on any atom is 0.525 e. The standard InChI is InChI=1S/C21H21BF4O2/c1-19(2)20(3,4)28-22(27-19)18(23)13-14-9-11-15(12-10-14)16-7-5-6-8-17(16)21(24,25)26/h5-13H,1-4H3. The fraction of sp³-hybridized carbons (Fsp3) is 0.333. The van der Waals surface area contributed by atoms with E-state index < -0.39 is 35.8 Å². The summed E-state index contributed by atoms with van der Waals surface area (Å²) in [5.41, 5.74) is -1.63. The van der Waals surface area contributed by atoms with E-state index in [1.165, 1.54) is 30.3 Å². The number of hydrogen-bond acceptors (Lipinski definition) is 2. The highest BCUT2D eigenvalue weighted by atomic mass is 19.4. The Morgan fingerprint density at radius 3 is 1.96 bits per heavy atom. The summed E-state index contributed by atoms with van der Waals surface area (Å²) in [5, 5.41) is 0. The summed E-state index contributed by atoms with van der Waals surface area (Å²) in [4.78, 5) is 0. The molecule has 1 aliphatic heterocycles. The van der Waals surface area contributed by atoms with Crippen LogP contribution in [-0.4, -0.2) is 18.3 Å². The molecule has 0 aliphatic carbocycles. The molecule has 0 aromatic heterocycles. The zero-order valence-corrected chi connectivity index (χ0v) is 16.1. The third-order valence-electron chi connectivity index (χ3n) is 5.24. The fourth-order valence-electron chi connectivity index (χ4n) is 2.92. The van der Waals surface area contributed by atoms with Crippen molar-refractivity contribution in [2.45, 2.75) is 45.1 Å². The van der Waals surface area contributed by atoms with Gasteiger partial charge in [0.1, 0.15) is 5.73 Å². The summed E-state index contributed by atoms with van der Waals surface area (Å²) in [7, 11) is -1.12. The molecule has 0 amide bonds. The number of alkyl halides is 3. The van der Waals surface area contributed by atoms with Crippen LogP contribution in [0.3, 0.4) is 0 Å². The Bertz CT molecular complexity index is 870. The molecule has 1 heterocycles. The second kappa shape index (κ2) is 7.05. The van der Waals surface area contributed by atoms with Gasteiger partial charge in [0.05, 0.1) is 16.8 Å². The molecule has 3 rings (SSSR count). The maximum absolute atomic E-state index is 14.6. The molecule has 2 aromatic rings. The largest absolute Gasteiger partial charge is 0.525 e. The lowest BCUT2D eigenvalue weighted by molar-refractivity contribution is -0.137. The summed E-state index contributed by atoms with van der Waals surface area (Å²) < 4.78 is 65.5. The molecule has 1 aliphatic rings. The van der Waals surface area contributed by atoms with E-state index in [4.69, 9.17) is 9.31 Å². The van der Waals surface area contributed by atoms with Crippen LogP contribution < -0.4 is 0 Å². The molecule has 28 heavy (non-hydrogen) atoms. The Hall–Kier alpha value is -2.12. The average Bonchev–Trinajstić information content (AvgIpc) is 2.83. The molecule has 0 bridgehead atoms. The monoisotopic (exact) mass is 392 g/mol. The Kier molecular flexibility index (Phi) is 5.19. The number of halogens is 4. The molecule has 0 spiro atoms. The third kappa shape index (κ3) is 4.01. The van der Waals surface area contributed by atoms with Crippen LogP contribution in [-0.2, 0) is 15.5 Å². The molecule has 0 radical (unpaired) electrons. The van der Waals surface area contributed by atoms with Gasteiger partial charge < -0.3 is 9.31 Å². The molecule has 148 valence electrons. The van der Waals surface area contributed by atoms with E-state index in [0.29, 0.717) is 11.1 Å². The number of benzene rings is 2. The molecular formula is C21H21BF4O2. The van der Waals surface area contributed by atoms with Crippen molar-refractivity contribution in [3.8, 4) is 11.1 Å². The Labute approximate surface area is 162 Å². The predicted molar refractivity (Wildman–Crippen MR) is 102 cm³/mol. The summed E-state index contributed by atoms with van der Waals surface area (Å²) in [6.07, 6.45) is -3.18. The third-order valence-corrected chi connectivity index (χ3v) is 5.24. The van der Waals surface area contributed by atoms with E-state index in [9.17, 15) is 17.6 Å². The first-order chi connectivity index (χ1) is 12.9. The van der Waals surface area contributed by atoms with Gasteiger partial charge in [-0.1, -0.05) is 42.5 Å². The highest BCUT2D eigenvalue weighted by molar-refractivity contribution is 6.54. The molecule has 2 nitrogen and oxygen atoms in total. The summed E-state index contributed by atoms with van der Waals surface area (Å²) in [6.45, 7) is 7.31. The lowest BCUT2D eigenvalue weighted by Crippen LogP contribution is -2.41. The average molecular weight is 392 g/mol. The zero-order chi connectivity index (χ0) is 20.7. The highest BCUT2D eigenvalue weighted by Gasteiger charge is 2.53. The normalized spacial score (nSPS) is 19.1. The Morgan fingerprint density at radius 2 is 1.43 bits per heavy atom. The van der Waals surface area contributed by atoms with Crippen LogP contribution in [0.2, 0.25) is 0 Å². The van der Waals surface area contributed by atoms with Crippen molar-refractivity contribution in [1.82, 2.24) is 0 Å². The van der Waals surface area contributed by atoms with Gasteiger partial charge in [-0.05, 0) is 56.5 Å². The SMILES string of the molecule is CC1(C)OB(C(F)=Cc2ccc(-c3ccccc3C(F)(F)F)cc2)OC1(C)C. The van der Waals surface area contributed by atoms with Crippen LogP contribution in [0.4, 0.5) is 17.6 Å². The zero-order valence-electron chi connectivity index (χ0n) is 16.1. The molecule has 0 unspecified atom stereocenters. The molecule has 0 saturated carbocycles. The summed E-state index contributed by atoms with van der Waals surface area (Å²) in [5.74, 6) is 0. The lowest BCUT2D eigenvalue weighted by atomic mass is 9.86. The quantitative estimate of drug-likeness (QED) is 0.450. The van der Waals surface area contributed by atoms with Gasteiger partial charge in [0.15, 0.2) is 0 Å². The molecule has 7 heteroatoms. The van der Waals surface area contributed by atoms with Crippen molar-refractivity contribution in [3.05, 3.63) is 65.4 Å². The Balaban J connectivity index is 1.84. The van der Waals surface area contributed by atoms with Crippen molar-refractivity contribution in [3.63, 3.8) is 0 Å². The molecule has 1 fully saturated rings. The highest BCUT2D eigenvalue weighted by Crippen LogP contribution is 2.39. The second-order valence-corrected chi connectivity index (χ2v) is 7.78. The van der Waals surface area contributed by atoms with Gasteiger partial charge in [-0.25, -0.2) is 4.39 Å². The smallest absolute Gasteiger partial charge is 0.398 e. The second-order valence-electron chi connectivity index (χ2n) is 7.78. The van der Waals surface area contributed by atoms with Gasteiger partial charge >= 0.3 is 13.3 Å². The van der Waals surface area contributed by atoms with E-state index in [1.54, 1.807) is 18.2 Å². The topological polar surface area (TPSA) is 18.5 Å². The van der Waals surface area contributed by atoms with Gasteiger partial charge in [-0.2, -0.15) is 13.2 Å². The predicted octanol–water partition coefficient (Wildman–Crippen LogP) is 6.31.